The van der Waals surface area contributed by atoms with Crippen molar-refractivity contribution in [2.24, 2.45) is 11.3 Å². The Labute approximate surface area is 126 Å². The van der Waals surface area contributed by atoms with Crippen LogP contribution >= 0.6 is 0 Å². The van der Waals surface area contributed by atoms with Gasteiger partial charge in [-0.25, -0.2) is 0 Å². The highest BCUT2D eigenvalue weighted by Crippen LogP contribution is 2.39. The second kappa shape index (κ2) is 7.77. The summed E-state index contributed by atoms with van der Waals surface area (Å²) in [4.78, 5) is 2.36. The first-order valence-corrected chi connectivity index (χ1v) is 8.38. The third kappa shape index (κ3) is 5.01. The molecule has 0 amide bonds. The van der Waals surface area contributed by atoms with Gasteiger partial charge in [-0.15, -0.1) is 0 Å². The monoisotopic (exact) mass is 284 g/mol. The van der Waals surface area contributed by atoms with E-state index in [4.69, 9.17) is 0 Å². The zero-order valence-electron chi connectivity index (χ0n) is 14.3. The smallest absolute Gasteiger partial charge is 0.0609 e. The molecule has 1 fully saturated rings. The molecule has 3 heteroatoms. The lowest BCUT2D eigenvalue weighted by atomic mass is 9.70. The predicted octanol–water partition coefficient (Wildman–Crippen LogP) is 2.89. The highest BCUT2D eigenvalue weighted by atomic mass is 16.3. The Kier molecular flexibility index (Phi) is 6.96. The number of nitrogens with one attached hydrogen (secondary N) is 1. The molecule has 0 radical (unpaired) electrons. The molecule has 1 saturated carbocycles. The Morgan fingerprint density at radius 1 is 1.30 bits per heavy atom. The molecular weight excluding hydrogens is 248 g/mol. The first-order valence-electron chi connectivity index (χ1n) is 8.38. The Hall–Kier alpha value is -0.120. The van der Waals surface area contributed by atoms with Crippen LogP contribution in [0.1, 0.15) is 59.8 Å². The van der Waals surface area contributed by atoms with E-state index in [9.17, 15) is 5.11 Å². The number of nitrogens with zero attached hydrogens (tertiary/aromatic N) is 1. The summed E-state index contributed by atoms with van der Waals surface area (Å²) in [5, 5.41) is 13.2. The summed E-state index contributed by atoms with van der Waals surface area (Å²) in [7, 11) is 2.16. The van der Waals surface area contributed by atoms with E-state index >= 15 is 0 Å². The molecule has 0 aromatic carbocycles. The molecule has 0 aromatic heterocycles. The standard InChI is InChI=1S/C17H36N2O/c1-6-11-18-12-17(9-7-15(2)8-10-17)13-19(5)16(3,4)14-20/h15,18,20H,6-14H2,1-5H3. The minimum atomic E-state index is -0.124. The van der Waals surface area contributed by atoms with Gasteiger partial charge in [-0.2, -0.15) is 0 Å². The van der Waals surface area contributed by atoms with E-state index in [1.165, 1.54) is 32.1 Å². The van der Waals surface area contributed by atoms with E-state index in [-0.39, 0.29) is 12.1 Å². The first-order chi connectivity index (χ1) is 9.35. The van der Waals surface area contributed by atoms with Gasteiger partial charge in [-0.05, 0) is 58.0 Å². The van der Waals surface area contributed by atoms with Crippen molar-refractivity contribution in [2.75, 3.05) is 33.3 Å². The van der Waals surface area contributed by atoms with Crippen LogP contribution in [0.25, 0.3) is 0 Å². The van der Waals surface area contributed by atoms with Crippen LogP contribution in [0.5, 0.6) is 0 Å². The molecule has 0 heterocycles. The van der Waals surface area contributed by atoms with Gasteiger partial charge in [0, 0.05) is 18.6 Å². The Balaban J connectivity index is 2.67. The van der Waals surface area contributed by atoms with Gasteiger partial charge in [0.15, 0.2) is 0 Å². The molecule has 1 aliphatic rings. The summed E-state index contributed by atoms with van der Waals surface area (Å²) < 4.78 is 0. The Morgan fingerprint density at radius 3 is 2.40 bits per heavy atom. The summed E-state index contributed by atoms with van der Waals surface area (Å²) >= 11 is 0. The van der Waals surface area contributed by atoms with Crippen LogP contribution in [-0.2, 0) is 0 Å². The third-order valence-electron chi connectivity index (χ3n) is 5.25. The van der Waals surface area contributed by atoms with Crippen molar-refractivity contribution in [3.63, 3.8) is 0 Å². The summed E-state index contributed by atoms with van der Waals surface area (Å²) in [6, 6.07) is 0. The molecule has 3 nitrogen and oxygen atoms in total. The highest BCUT2D eigenvalue weighted by molar-refractivity contribution is 4.92. The van der Waals surface area contributed by atoms with Crippen LogP contribution < -0.4 is 5.32 Å². The van der Waals surface area contributed by atoms with Crippen LogP contribution in [0, 0.1) is 11.3 Å². The second-order valence-electron chi connectivity index (χ2n) is 7.69. The van der Waals surface area contributed by atoms with Crippen LogP contribution in [0.3, 0.4) is 0 Å². The molecular formula is C17H36N2O. The zero-order chi connectivity index (χ0) is 15.2. The predicted molar refractivity (Wildman–Crippen MR) is 87.0 cm³/mol. The lowest BCUT2D eigenvalue weighted by Crippen LogP contribution is -2.52. The van der Waals surface area contributed by atoms with Gasteiger partial charge in [-0.1, -0.05) is 26.7 Å². The SMILES string of the molecule is CCCNCC1(CN(C)C(C)(C)CO)CCC(C)CC1. The van der Waals surface area contributed by atoms with Crippen molar-refractivity contribution in [3.05, 3.63) is 0 Å². The van der Waals surface area contributed by atoms with Gasteiger partial charge in [0.25, 0.3) is 0 Å². The molecule has 2 N–H and O–H groups in total. The fourth-order valence-electron chi connectivity index (χ4n) is 3.13. The molecule has 0 spiro atoms. The zero-order valence-corrected chi connectivity index (χ0v) is 14.3. The van der Waals surface area contributed by atoms with E-state index in [0.29, 0.717) is 5.41 Å². The van der Waals surface area contributed by atoms with Gasteiger partial charge >= 0.3 is 0 Å². The van der Waals surface area contributed by atoms with Crippen molar-refractivity contribution in [1.29, 1.82) is 0 Å². The fourth-order valence-corrected chi connectivity index (χ4v) is 3.13. The lowest BCUT2D eigenvalue weighted by Gasteiger charge is -2.46. The number of rotatable bonds is 8. The summed E-state index contributed by atoms with van der Waals surface area (Å²) in [5.41, 5.74) is 0.268. The van der Waals surface area contributed by atoms with Crippen molar-refractivity contribution < 1.29 is 5.11 Å². The molecule has 0 aromatic rings. The Bertz CT molecular complexity index is 270. The molecule has 20 heavy (non-hydrogen) atoms. The van der Waals surface area contributed by atoms with Gasteiger partial charge in [0.2, 0.25) is 0 Å². The number of hydrogen-bond acceptors (Lipinski definition) is 3. The normalized spacial score (nSPS) is 28.1. The molecule has 1 aliphatic carbocycles. The van der Waals surface area contributed by atoms with Crippen LogP contribution in [0.4, 0.5) is 0 Å². The van der Waals surface area contributed by atoms with Crippen molar-refractivity contribution in [3.8, 4) is 0 Å². The summed E-state index contributed by atoms with van der Waals surface area (Å²) in [5.74, 6) is 0.880. The van der Waals surface area contributed by atoms with Gasteiger partial charge in [0.1, 0.15) is 0 Å². The lowest BCUT2D eigenvalue weighted by molar-refractivity contribution is 0.0204. The number of likely N-dealkylation sites (N-methyl/N-ethyl adjacent to an activating group) is 1. The maximum absolute atomic E-state index is 9.58. The van der Waals surface area contributed by atoms with E-state index in [0.717, 1.165) is 25.6 Å². The molecule has 120 valence electrons. The van der Waals surface area contributed by atoms with E-state index in [2.05, 4.69) is 45.0 Å². The molecule has 0 unspecified atom stereocenters. The summed E-state index contributed by atoms with van der Waals surface area (Å²) in [6.07, 6.45) is 6.53. The first kappa shape index (κ1) is 17.9. The van der Waals surface area contributed by atoms with E-state index < -0.39 is 0 Å². The number of aliphatic hydroxyl groups excluding tert-OH is 1. The fraction of sp³-hybridized carbons (Fsp3) is 1.00. The molecule has 0 saturated heterocycles. The quantitative estimate of drug-likeness (QED) is 0.673. The van der Waals surface area contributed by atoms with Crippen molar-refractivity contribution >= 4 is 0 Å². The van der Waals surface area contributed by atoms with Gasteiger partial charge in [-0.3, -0.25) is 4.90 Å². The maximum Gasteiger partial charge on any atom is 0.0609 e. The topological polar surface area (TPSA) is 35.5 Å². The van der Waals surface area contributed by atoms with Crippen LogP contribution in [-0.4, -0.2) is 48.8 Å². The largest absolute Gasteiger partial charge is 0.394 e. The van der Waals surface area contributed by atoms with Crippen molar-refractivity contribution in [1.82, 2.24) is 10.2 Å². The minimum absolute atomic E-state index is 0.124. The molecule has 0 aliphatic heterocycles. The van der Waals surface area contributed by atoms with Gasteiger partial charge in [0.05, 0.1) is 6.61 Å². The van der Waals surface area contributed by atoms with Gasteiger partial charge < -0.3 is 10.4 Å². The third-order valence-corrected chi connectivity index (χ3v) is 5.25. The second-order valence-corrected chi connectivity index (χ2v) is 7.69. The minimum Gasteiger partial charge on any atom is -0.394 e. The Morgan fingerprint density at radius 2 is 1.90 bits per heavy atom. The summed E-state index contributed by atoms with van der Waals surface area (Å²) in [6.45, 7) is 12.4. The molecule has 0 atom stereocenters. The maximum atomic E-state index is 9.58. The van der Waals surface area contributed by atoms with Crippen molar-refractivity contribution in [2.45, 2.75) is 65.3 Å². The number of hydrogen-bond donors (Lipinski definition) is 2. The average Bonchev–Trinajstić information content (AvgIpc) is 2.42. The molecule has 0 bridgehead atoms. The number of aliphatic hydroxyl groups is 1. The van der Waals surface area contributed by atoms with E-state index in [1.54, 1.807) is 0 Å². The molecule has 1 rings (SSSR count). The van der Waals surface area contributed by atoms with E-state index in [1.807, 2.05) is 0 Å². The van der Waals surface area contributed by atoms with Crippen LogP contribution in [0.2, 0.25) is 0 Å². The average molecular weight is 284 g/mol. The van der Waals surface area contributed by atoms with Crippen LogP contribution in [0.15, 0.2) is 0 Å². The highest BCUT2D eigenvalue weighted by Gasteiger charge is 2.37.